The Bertz CT molecular complexity index is 1080. The number of fused-ring (bicyclic) bond motifs is 1. The Balaban J connectivity index is 2.03. The summed E-state index contributed by atoms with van der Waals surface area (Å²) in [6.07, 6.45) is -4.74. The molecule has 0 radical (unpaired) electrons. The number of benzene rings is 2. The van der Waals surface area contributed by atoms with Crippen LogP contribution in [0.2, 0.25) is 10.0 Å². The molecule has 0 saturated carbocycles. The van der Waals surface area contributed by atoms with E-state index in [0.717, 1.165) is 12.1 Å². The lowest BCUT2D eigenvalue weighted by atomic mass is 10.1. The summed E-state index contributed by atoms with van der Waals surface area (Å²) >= 11 is 11.5. The van der Waals surface area contributed by atoms with Crippen molar-refractivity contribution < 1.29 is 22.4 Å². The van der Waals surface area contributed by atoms with E-state index in [1.807, 2.05) is 0 Å². The molecule has 4 nitrogen and oxygen atoms in total. The Morgan fingerprint density at radius 3 is 2.50 bits per heavy atom. The van der Waals surface area contributed by atoms with Crippen LogP contribution in [0.25, 0.3) is 11.0 Å². The van der Waals surface area contributed by atoms with Crippen LogP contribution in [0.5, 0.6) is 0 Å². The second-order valence-corrected chi connectivity index (χ2v) is 6.08. The molecule has 0 bridgehead atoms. The lowest BCUT2D eigenvalue weighted by Crippen LogP contribution is -2.18. The Morgan fingerprint density at radius 2 is 1.81 bits per heavy atom. The summed E-state index contributed by atoms with van der Waals surface area (Å²) in [5.74, 6) is -1.50. The van der Waals surface area contributed by atoms with Gasteiger partial charge in [0, 0.05) is 11.1 Å². The van der Waals surface area contributed by atoms with Gasteiger partial charge in [0.1, 0.15) is 0 Å². The van der Waals surface area contributed by atoms with Gasteiger partial charge in [-0.05, 0) is 30.3 Å². The third-order valence-corrected chi connectivity index (χ3v) is 4.00. The molecule has 9 heteroatoms. The number of amides is 1. The Morgan fingerprint density at radius 1 is 1.08 bits per heavy atom. The van der Waals surface area contributed by atoms with E-state index in [-0.39, 0.29) is 21.0 Å². The zero-order chi connectivity index (χ0) is 19.1. The van der Waals surface area contributed by atoms with E-state index < -0.39 is 34.5 Å². The number of halogens is 5. The maximum absolute atomic E-state index is 13.1. The van der Waals surface area contributed by atoms with Crippen molar-refractivity contribution in [3.05, 3.63) is 74.1 Å². The summed E-state index contributed by atoms with van der Waals surface area (Å²) in [4.78, 5) is 24.4. The number of hydrogen-bond acceptors (Lipinski definition) is 3. The molecular formula is C17H8Cl2F3NO3. The molecule has 1 heterocycles. The first-order chi connectivity index (χ1) is 12.2. The van der Waals surface area contributed by atoms with Gasteiger partial charge in [0.2, 0.25) is 0 Å². The van der Waals surface area contributed by atoms with Crippen LogP contribution in [0, 0.1) is 0 Å². The average Bonchev–Trinajstić information content (AvgIpc) is 2.56. The summed E-state index contributed by atoms with van der Waals surface area (Å²) in [6, 6.07) is 8.21. The van der Waals surface area contributed by atoms with Crippen LogP contribution in [0.1, 0.15) is 16.1 Å². The van der Waals surface area contributed by atoms with E-state index in [1.54, 1.807) is 0 Å². The highest BCUT2D eigenvalue weighted by molar-refractivity contribution is 6.34. The maximum atomic E-state index is 13.1. The normalized spacial score (nSPS) is 11.6. The van der Waals surface area contributed by atoms with Gasteiger partial charge >= 0.3 is 6.18 Å². The first-order valence-corrected chi connectivity index (χ1v) is 7.83. The van der Waals surface area contributed by atoms with Gasteiger partial charge in [-0.25, -0.2) is 0 Å². The third kappa shape index (κ3) is 3.54. The van der Waals surface area contributed by atoms with Crippen molar-refractivity contribution in [2.45, 2.75) is 6.18 Å². The number of carbonyl (C=O) groups is 1. The van der Waals surface area contributed by atoms with E-state index in [9.17, 15) is 22.8 Å². The van der Waals surface area contributed by atoms with Gasteiger partial charge in [-0.3, -0.25) is 9.59 Å². The minimum Gasteiger partial charge on any atom is -0.449 e. The fourth-order valence-electron chi connectivity index (χ4n) is 2.30. The monoisotopic (exact) mass is 401 g/mol. The Labute approximate surface area is 154 Å². The predicted molar refractivity (Wildman–Crippen MR) is 91.9 cm³/mol. The Kier molecular flexibility index (Phi) is 4.68. The number of rotatable bonds is 2. The molecule has 0 aliphatic carbocycles. The number of hydrogen-bond donors (Lipinski definition) is 1. The zero-order valence-corrected chi connectivity index (χ0v) is 14.2. The lowest BCUT2D eigenvalue weighted by Gasteiger charge is -2.14. The largest absolute Gasteiger partial charge is 0.449 e. The van der Waals surface area contributed by atoms with Crippen LogP contribution in [0.4, 0.5) is 18.9 Å². The molecule has 2 aromatic carbocycles. The number of nitrogens with one attached hydrogen (secondary N) is 1. The first-order valence-electron chi connectivity index (χ1n) is 7.07. The Hall–Kier alpha value is -2.51. The molecule has 3 aromatic rings. The number of para-hydroxylation sites is 1. The molecule has 0 unspecified atom stereocenters. The maximum Gasteiger partial charge on any atom is 0.418 e. The van der Waals surface area contributed by atoms with Crippen LogP contribution < -0.4 is 10.7 Å². The SMILES string of the molecule is O=C(Nc1ccc(Cl)cc1C(F)(F)F)c1cc(=O)c2cccc(Cl)c2o1. The van der Waals surface area contributed by atoms with Crippen molar-refractivity contribution in [3.63, 3.8) is 0 Å². The topological polar surface area (TPSA) is 59.3 Å². The van der Waals surface area contributed by atoms with Crippen LogP contribution in [0.15, 0.2) is 51.7 Å². The molecule has 0 atom stereocenters. The van der Waals surface area contributed by atoms with Crippen LogP contribution in [-0.4, -0.2) is 5.91 Å². The van der Waals surface area contributed by atoms with Crippen LogP contribution >= 0.6 is 23.2 Å². The number of alkyl halides is 3. The first kappa shape index (κ1) is 18.3. The summed E-state index contributed by atoms with van der Waals surface area (Å²) in [5.41, 5.74) is -2.22. The molecule has 1 amide bonds. The standard InChI is InChI=1S/C17H8Cl2F3NO3/c18-8-4-5-12(10(6-8)17(20,21)22)23-16(25)14-7-13(24)9-2-1-3-11(19)15(9)26-14/h1-7H,(H,23,25). The molecular weight excluding hydrogens is 394 g/mol. The summed E-state index contributed by atoms with van der Waals surface area (Å²) in [6.45, 7) is 0. The number of anilines is 1. The van der Waals surface area contributed by atoms with Crippen molar-refractivity contribution in [1.82, 2.24) is 0 Å². The molecule has 1 aromatic heterocycles. The highest BCUT2D eigenvalue weighted by atomic mass is 35.5. The van der Waals surface area contributed by atoms with Gasteiger partial charge in [0.25, 0.3) is 5.91 Å². The second kappa shape index (κ2) is 6.66. The third-order valence-electron chi connectivity index (χ3n) is 3.47. The van der Waals surface area contributed by atoms with Crippen molar-refractivity contribution >= 4 is 45.8 Å². The molecule has 1 N–H and O–H groups in total. The number of carbonyl (C=O) groups excluding carboxylic acids is 1. The van der Waals surface area contributed by atoms with Crippen LogP contribution in [0.3, 0.4) is 0 Å². The quantitative estimate of drug-likeness (QED) is 0.627. The van der Waals surface area contributed by atoms with E-state index in [1.165, 1.54) is 24.3 Å². The second-order valence-electron chi connectivity index (χ2n) is 5.23. The van der Waals surface area contributed by atoms with E-state index >= 15 is 0 Å². The molecule has 0 saturated heterocycles. The average molecular weight is 402 g/mol. The van der Waals surface area contributed by atoms with Gasteiger partial charge in [-0.15, -0.1) is 0 Å². The highest BCUT2D eigenvalue weighted by Crippen LogP contribution is 2.36. The van der Waals surface area contributed by atoms with Crippen molar-refractivity contribution in [1.29, 1.82) is 0 Å². The van der Waals surface area contributed by atoms with E-state index in [4.69, 9.17) is 27.6 Å². The van der Waals surface area contributed by atoms with Crippen LogP contribution in [-0.2, 0) is 6.18 Å². The molecule has 3 rings (SSSR count). The molecule has 0 spiro atoms. The van der Waals surface area contributed by atoms with Gasteiger partial charge < -0.3 is 9.73 Å². The summed E-state index contributed by atoms with van der Waals surface area (Å²) in [5, 5.41) is 2.18. The highest BCUT2D eigenvalue weighted by Gasteiger charge is 2.34. The van der Waals surface area contributed by atoms with Crippen molar-refractivity contribution in [2.24, 2.45) is 0 Å². The van der Waals surface area contributed by atoms with E-state index in [2.05, 4.69) is 5.32 Å². The molecule has 0 aliphatic heterocycles. The smallest absolute Gasteiger partial charge is 0.418 e. The van der Waals surface area contributed by atoms with E-state index in [0.29, 0.717) is 6.07 Å². The molecule has 134 valence electrons. The minimum atomic E-state index is -4.74. The van der Waals surface area contributed by atoms with Gasteiger partial charge in [-0.1, -0.05) is 29.3 Å². The van der Waals surface area contributed by atoms with Gasteiger partial charge in [0.15, 0.2) is 16.8 Å². The van der Waals surface area contributed by atoms with Gasteiger partial charge in [-0.2, -0.15) is 13.2 Å². The van der Waals surface area contributed by atoms with Gasteiger partial charge in [0.05, 0.1) is 21.7 Å². The van der Waals surface area contributed by atoms with Crippen molar-refractivity contribution in [3.8, 4) is 0 Å². The summed E-state index contributed by atoms with van der Waals surface area (Å²) in [7, 11) is 0. The predicted octanol–water partition coefficient (Wildman–Crippen LogP) is 5.37. The lowest BCUT2D eigenvalue weighted by molar-refractivity contribution is -0.136. The minimum absolute atomic E-state index is 0.0287. The molecule has 0 aliphatic rings. The molecule has 26 heavy (non-hydrogen) atoms. The molecule has 0 fully saturated rings. The van der Waals surface area contributed by atoms with Crippen molar-refractivity contribution in [2.75, 3.05) is 5.32 Å². The fourth-order valence-corrected chi connectivity index (χ4v) is 2.68. The summed E-state index contributed by atoms with van der Waals surface area (Å²) < 4.78 is 44.6. The zero-order valence-electron chi connectivity index (χ0n) is 12.7. The fraction of sp³-hybridized carbons (Fsp3) is 0.0588.